The first-order chi connectivity index (χ1) is 14.1. The van der Waals surface area contributed by atoms with Crippen molar-refractivity contribution >= 4 is 28.5 Å². The molecule has 3 aromatic rings. The van der Waals surface area contributed by atoms with Crippen molar-refractivity contribution in [1.29, 1.82) is 0 Å². The van der Waals surface area contributed by atoms with Crippen LogP contribution in [0.3, 0.4) is 0 Å². The molecular weight excluding hydrogens is 366 g/mol. The summed E-state index contributed by atoms with van der Waals surface area (Å²) in [7, 11) is 0. The number of aryl methyl sites for hydroxylation is 1. The number of carboxylic acids is 1. The number of amides is 1. The van der Waals surface area contributed by atoms with Gasteiger partial charge in [0.25, 0.3) is 0 Å². The van der Waals surface area contributed by atoms with Crippen molar-refractivity contribution in [3.8, 4) is 0 Å². The third-order valence-electron chi connectivity index (χ3n) is 5.69. The van der Waals surface area contributed by atoms with Gasteiger partial charge in [0.15, 0.2) is 0 Å². The fourth-order valence-corrected chi connectivity index (χ4v) is 4.16. The lowest BCUT2D eigenvalue weighted by Crippen LogP contribution is -2.38. The largest absolute Gasteiger partial charge is 0.481 e. The van der Waals surface area contributed by atoms with Gasteiger partial charge in [0.05, 0.1) is 5.92 Å². The Bertz CT molecular complexity index is 1030. The van der Waals surface area contributed by atoms with E-state index in [1.54, 1.807) is 0 Å². The van der Waals surface area contributed by atoms with Crippen LogP contribution in [-0.2, 0) is 16.0 Å². The summed E-state index contributed by atoms with van der Waals surface area (Å²) < 4.78 is 0. The van der Waals surface area contributed by atoms with Gasteiger partial charge in [0, 0.05) is 41.7 Å². The molecule has 1 aromatic heterocycles. The molecule has 1 fully saturated rings. The van der Waals surface area contributed by atoms with E-state index < -0.39 is 11.9 Å². The zero-order chi connectivity index (χ0) is 20.2. The number of nitrogens with one attached hydrogen (secondary N) is 3. The van der Waals surface area contributed by atoms with E-state index in [2.05, 4.69) is 21.7 Å². The zero-order valence-electron chi connectivity index (χ0n) is 16.2. The number of hydrogen-bond acceptors (Lipinski definition) is 3. The first kappa shape index (κ1) is 19.2. The predicted octanol–water partition coefficient (Wildman–Crippen LogP) is 3.52. The molecular formula is C23H25N3O3. The molecule has 0 unspecified atom stereocenters. The standard InChI is InChI=1S/C23H25N3O3/c27-22(9-8-16-13-25-21-7-2-1-6-18(16)21)26-17-5-3-4-15(12-17)20-14-24-11-10-19(20)23(28)29/h1-7,12-13,19-20,24-25H,8-11,14H2,(H,26,27)(H,28,29)/t19-,20+/m1/s1. The van der Waals surface area contributed by atoms with E-state index in [-0.39, 0.29) is 11.8 Å². The number of carbonyl (C=O) groups excluding carboxylic acids is 1. The highest BCUT2D eigenvalue weighted by atomic mass is 16.4. The van der Waals surface area contributed by atoms with Crippen LogP contribution in [0.1, 0.15) is 29.9 Å². The van der Waals surface area contributed by atoms with E-state index >= 15 is 0 Å². The predicted molar refractivity (Wildman–Crippen MR) is 113 cm³/mol. The van der Waals surface area contributed by atoms with Gasteiger partial charge in [0.1, 0.15) is 0 Å². The summed E-state index contributed by atoms with van der Waals surface area (Å²) >= 11 is 0. The maximum atomic E-state index is 12.5. The smallest absolute Gasteiger partial charge is 0.307 e. The third-order valence-corrected chi connectivity index (χ3v) is 5.69. The summed E-state index contributed by atoms with van der Waals surface area (Å²) in [4.78, 5) is 27.3. The molecule has 2 aromatic carbocycles. The van der Waals surface area contributed by atoms with Crippen LogP contribution < -0.4 is 10.6 Å². The number of fused-ring (bicyclic) bond motifs is 1. The Balaban J connectivity index is 1.41. The maximum absolute atomic E-state index is 12.5. The van der Waals surface area contributed by atoms with Gasteiger partial charge in [-0.2, -0.15) is 0 Å². The number of benzene rings is 2. The van der Waals surface area contributed by atoms with Gasteiger partial charge in [-0.3, -0.25) is 9.59 Å². The molecule has 1 amide bonds. The number of aliphatic carboxylic acids is 1. The van der Waals surface area contributed by atoms with Crippen molar-refractivity contribution in [2.24, 2.45) is 5.92 Å². The van der Waals surface area contributed by atoms with Crippen molar-refractivity contribution in [1.82, 2.24) is 10.3 Å². The summed E-state index contributed by atoms with van der Waals surface area (Å²) in [5, 5.41) is 16.9. The lowest BCUT2D eigenvalue weighted by Gasteiger charge is -2.29. The van der Waals surface area contributed by atoms with Gasteiger partial charge >= 0.3 is 5.97 Å². The van der Waals surface area contributed by atoms with Gasteiger partial charge in [-0.15, -0.1) is 0 Å². The summed E-state index contributed by atoms with van der Waals surface area (Å²) in [5.41, 5.74) is 3.85. The molecule has 4 N–H and O–H groups in total. The van der Waals surface area contributed by atoms with Crippen LogP contribution in [0.5, 0.6) is 0 Å². The molecule has 0 saturated carbocycles. The zero-order valence-corrected chi connectivity index (χ0v) is 16.2. The Kier molecular flexibility index (Phi) is 5.62. The summed E-state index contributed by atoms with van der Waals surface area (Å²) in [6.07, 6.45) is 3.61. The molecule has 2 atom stereocenters. The molecule has 6 nitrogen and oxygen atoms in total. The average Bonchev–Trinajstić information content (AvgIpc) is 3.15. The van der Waals surface area contributed by atoms with Crippen LogP contribution >= 0.6 is 0 Å². The highest BCUT2D eigenvalue weighted by Crippen LogP contribution is 2.31. The highest BCUT2D eigenvalue weighted by Gasteiger charge is 2.31. The summed E-state index contributed by atoms with van der Waals surface area (Å²) in [6, 6.07) is 15.6. The Hall–Kier alpha value is -3.12. The minimum atomic E-state index is -0.760. The summed E-state index contributed by atoms with van der Waals surface area (Å²) in [5.74, 6) is -1.30. The van der Waals surface area contributed by atoms with Crippen LogP contribution in [0.15, 0.2) is 54.7 Å². The minimum absolute atomic E-state index is 0.0519. The number of aromatic amines is 1. The number of carbonyl (C=O) groups is 2. The highest BCUT2D eigenvalue weighted by molar-refractivity contribution is 5.91. The molecule has 29 heavy (non-hydrogen) atoms. The molecule has 0 radical (unpaired) electrons. The normalized spacial score (nSPS) is 19.2. The number of hydrogen-bond donors (Lipinski definition) is 4. The SMILES string of the molecule is O=C(CCc1c[nH]c2ccccc12)Nc1cccc([C@@H]2CNCC[C@H]2C(=O)O)c1. The Labute approximate surface area is 169 Å². The van der Waals surface area contributed by atoms with Gasteiger partial charge in [-0.05, 0) is 48.7 Å². The number of anilines is 1. The molecule has 1 saturated heterocycles. The lowest BCUT2D eigenvalue weighted by atomic mass is 9.81. The number of rotatable bonds is 6. The number of H-pyrrole nitrogens is 1. The average molecular weight is 391 g/mol. The maximum Gasteiger partial charge on any atom is 0.307 e. The number of para-hydroxylation sites is 1. The molecule has 1 aliphatic heterocycles. The van der Waals surface area contributed by atoms with Gasteiger partial charge in [-0.1, -0.05) is 30.3 Å². The van der Waals surface area contributed by atoms with E-state index in [0.29, 0.717) is 31.5 Å². The van der Waals surface area contributed by atoms with Crippen LogP contribution in [0.2, 0.25) is 0 Å². The van der Waals surface area contributed by atoms with E-state index in [0.717, 1.165) is 28.6 Å². The van der Waals surface area contributed by atoms with Crippen LogP contribution in [-0.4, -0.2) is 35.1 Å². The monoisotopic (exact) mass is 391 g/mol. The molecule has 0 bridgehead atoms. The van der Waals surface area contributed by atoms with E-state index in [1.165, 1.54) is 0 Å². The third kappa shape index (κ3) is 4.32. The second-order valence-corrected chi connectivity index (χ2v) is 7.58. The van der Waals surface area contributed by atoms with Crippen LogP contribution in [0.25, 0.3) is 10.9 Å². The Morgan fingerprint density at radius 1 is 1.14 bits per heavy atom. The topological polar surface area (TPSA) is 94.2 Å². The van der Waals surface area contributed by atoms with Gasteiger partial charge in [-0.25, -0.2) is 0 Å². The first-order valence-corrected chi connectivity index (χ1v) is 10.00. The Morgan fingerprint density at radius 2 is 2.00 bits per heavy atom. The molecule has 2 heterocycles. The number of carboxylic acid groups (broad SMARTS) is 1. The van der Waals surface area contributed by atoms with Gasteiger partial charge < -0.3 is 20.7 Å². The van der Waals surface area contributed by atoms with Crippen molar-refractivity contribution in [2.45, 2.75) is 25.2 Å². The Morgan fingerprint density at radius 3 is 2.86 bits per heavy atom. The molecule has 6 heteroatoms. The van der Waals surface area contributed by atoms with E-state index in [1.807, 2.05) is 48.7 Å². The molecule has 0 spiro atoms. The molecule has 150 valence electrons. The number of piperidine rings is 1. The molecule has 4 rings (SSSR count). The fraction of sp³-hybridized carbons (Fsp3) is 0.304. The fourth-order valence-electron chi connectivity index (χ4n) is 4.16. The van der Waals surface area contributed by atoms with Crippen LogP contribution in [0, 0.1) is 5.92 Å². The molecule has 1 aliphatic rings. The van der Waals surface area contributed by atoms with E-state index in [9.17, 15) is 14.7 Å². The first-order valence-electron chi connectivity index (χ1n) is 10.00. The number of aromatic nitrogens is 1. The van der Waals surface area contributed by atoms with Gasteiger partial charge in [0.2, 0.25) is 5.91 Å². The second-order valence-electron chi connectivity index (χ2n) is 7.58. The van der Waals surface area contributed by atoms with Crippen molar-refractivity contribution < 1.29 is 14.7 Å². The summed E-state index contributed by atoms with van der Waals surface area (Å²) in [6.45, 7) is 1.35. The quantitative estimate of drug-likeness (QED) is 0.517. The van der Waals surface area contributed by atoms with Crippen molar-refractivity contribution in [2.75, 3.05) is 18.4 Å². The lowest BCUT2D eigenvalue weighted by molar-refractivity contribution is -0.143. The second kappa shape index (κ2) is 8.49. The molecule has 0 aliphatic carbocycles. The van der Waals surface area contributed by atoms with Crippen molar-refractivity contribution in [3.63, 3.8) is 0 Å². The van der Waals surface area contributed by atoms with Crippen LogP contribution in [0.4, 0.5) is 5.69 Å². The van der Waals surface area contributed by atoms with Crippen molar-refractivity contribution in [3.05, 3.63) is 65.9 Å². The van der Waals surface area contributed by atoms with E-state index in [4.69, 9.17) is 0 Å². The minimum Gasteiger partial charge on any atom is -0.481 e.